The van der Waals surface area contributed by atoms with Crippen molar-refractivity contribution in [2.24, 2.45) is 0 Å². The van der Waals surface area contributed by atoms with Gasteiger partial charge in [0.2, 0.25) is 12.0 Å². The summed E-state index contributed by atoms with van der Waals surface area (Å²) >= 11 is 0. The average Bonchev–Trinajstić information content (AvgIpc) is 2.99. The summed E-state index contributed by atoms with van der Waals surface area (Å²) in [5.74, 6) is 1.12. The fraction of sp³-hybridized carbons (Fsp3) is 0.188. The Morgan fingerprint density at radius 3 is 2.26 bits per heavy atom. The van der Waals surface area contributed by atoms with E-state index in [0.29, 0.717) is 29.3 Å². The summed E-state index contributed by atoms with van der Waals surface area (Å²) in [5.41, 5.74) is 3.22. The van der Waals surface area contributed by atoms with Crippen molar-refractivity contribution in [3.63, 3.8) is 0 Å². The topological polar surface area (TPSA) is 77.1 Å². The lowest BCUT2D eigenvalue weighted by atomic mass is 10.0. The molecular weight excluding hydrogens is 492 g/mol. The van der Waals surface area contributed by atoms with E-state index in [1.807, 2.05) is 97.9 Å². The standard InChI is InChI=1S/C32H30N2O5/c1-22-12-16-24(17-13-22)30(31(35)33-20-23-14-18-26(37-2)19-15-23)34(25-8-4-3-5-9-25)32(36)29-21-38-27-10-6-7-11-28(27)39-29/h3-19,29-30H,20-21H2,1-2H3,(H,33,35)/t29-,30-/m0/s1. The lowest BCUT2D eigenvalue weighted by Gasteiger charge is -2.35. The number of amides is 2. The molecule has 0 aliphatic carbocycles. The van der Waals surface area contributed by atoms with Gasteiger partial charge in [-0.15, -0.1) is 0 Å². The Kier molecular flexibility index (Phi) is 7.78. The van der Waals surface area contributed by atoms with E-state index >= 15 is 0 Å². The van der Waals surface area contributed by atoms with Gasteiger partial charge >= 0.3 is 0 Å². The number of fused-ring (bicyclic) bond motifs is 1. The molecule has 7 nitrogen and oxygen atoms in total. The van der Waals surface area contributed by atoms with Crippen molar-refractivity contribution in [3.05, 3.63) is 120 Å². The van der Waals surface area contributed by atoms with Gasteiger partial charge < -0.3 is 19.5 Å². The number of nitrogens with zero attached hydrogens (tertiary/aromatic N) is 1. The highest BCUT2D eigenvalue weighted by Crippen LogP contribution is 2.34. The summed E-state index contributed by atoms with van der Waals surface area (Å²) in [6.07, 6.45) is -0.928. The molecule has 39 heavy (non-hydrogen) atoms. The van der Waals surface area contributed by atoms with E-state index < -0.39 is 12.1 Å². The van der Waals surface area contributed by atoms with Crippen molar-refractivity contribution in [2.75, 3.05) is 18.6 Å². The monoisotopic (exact) mass is 522 g/mol. The number of benzene rings is 4. The number of para-hydroxylation sites is 3. The molecular formula is C32H30N2O5. The first-order chi connectivity index (χ1) is 19.0. The van der Waals surface area contributed by atoms with Gasteiger partial charge in [0.1, 0.15) is 18.4 Å². The third-order valence-electron chi connectivity index (χ3n) is 6.58. The molecule has 0 saturated heterocycles. The molecule has 0 spiro atoms. The van der Waals surface area contributed by atoms with Crippen molar-refractivity contribution in [2.45, 2.75) is 25.6 Å². The van der Waals surface area contributed by atoms with E-state index in [1.165, 1.54) is 4.90 Å². The molecule has 0 saturated carbocycles. The highest BCUT2D eigenvalue weighted by Gasteiger charge is 2.39. The largest absolute Gasteiger partial charge is 0.497 e. The van der Waals surface area contributed by atoms with Crippen LogP contribution < -0.4 is 24.4 Å². The summed E-state index contributed by atoms with van der Waals surface area (Å²) in [4.78, 5) is 29.6. The van der Waals surface area contributed by atoms with Crippen LogP contribution in [0.1, 0.15) is 22.7 Å². The van der Waals surface area contributed by atoms with Crippen LogP contribution in [0, 0.1) is 6.92 Å². The van der Waals surface area contributed by atoms with E-state index in [2.05, 4.69) is 5.32 Å². The van der Waals surface area contributed by atoms with Crippen LogP contribution in [0.15, 0.2) is 103 Å². The van der Waals surface area contributed by atoms with Crippen LogP contribution >= 0.6 is 0 Å². The molecule has 1 aliphatic rings. The minimum atomic E-state index is -0.945. The maximum atomic E-state index is 14.2. The molecule has 1 heterocycles. The second kappa shape index (κ2) is 11.7. The molecule has 4 aromatic carbocycles. The van der Waals surface area contributed by atoms with Crippen LogP contribution in [-0.4, -0.2) is 31.6 Å². The van der Waals surface area contributed by atoms with Gasteiger partial charge in [-0.1, -0.05) is 72.3 Å². The summed E-state index contributed by atoms with van der Waals surface area (Å²) in [7, 11) is 1.61. The molecule has 1 aliphatic heterocycles. The molecule has 1 N–H and O–H groups in total. The molecule has 4 aromatic rings. The predicted molar refractivity (Wildman–Crippen MR) is 149 cm³/mol. The number of ether oxygens (including phenoxy) is 3. The lowest BCUT2D eigenvalue weighted by molar-refractivity contribution is -0.131. The summed E-state index contributed by atoms with van der Waals surface area (Å²) < 4.78 is 17.2. The minimum absolute atomic E-state index is 0.0350. The molecule has 0 radical (unpaired) electrons. The van der Waals surface area contributed by atoms with E-state index in [0.717, 1.165) is 16.9 Å². The van der Waals surface area contributed by atoms with Crippen LogP contribution in [0.2, 0.25) is 0 Å². The number of hydrogen-bond acceptors (Lipinski definition) is 5. The molecule has 198 valence electrons. The highest BCUT2D eigenvalue weighted by molar-refractivity contribution is 6.03. The number of methoxy groups -OCH3 is 1. The fourth-order valence-electron chi connectivity index (χ4n) is 4.48. The molecule has 0 bridgehead atoms. The predicted octanol–water partition coefficient (Wildman–Crippen LogP) is 5.23. The summed E-state index contributed by atoms with van der Waals surface area (Å²) in [6.45, 7) is 2.30. The smallest absolute Gasteiger partial charge is 0.272 e. The normalized spacial score (nSPS) is 14.7. The molecule has 5 rings (SSSR count). The zero-order chi connectivity index (χ0) is 27.2. The van der Waals surface area contributed by atoms with Crippen molar-refractivity contribution in [1.82, 2.24) is 5.32 Å². The van der Waals surface area contributed by atoms with Crippen LogP contribution in [0.4, 0.5) is 5.69 Å². The molecule has 2 atom stereocenters. The number of aryl methyl sites for hydroxylation is 1. The van der Waals surface area contributed by atoms with Crippen LogP contribution in [0.5, 0.6) is 17.2 Å². The second-order valence-corrected chi connectivity index (χ2v) is 9.29. The molecule has 2 amide bonds. The second-order valence-electron chi connectivity index (χ2n) is 9.29. The number of carbonyl (C=O) groups excluding carboxylic acids is 2. The maximum Gasteiger partial charge on any atom is 0.272 e. The number of anilines is 1. The van der Waals surface area contributed by atoms with Crippen molar-refractivity contribution in [3.8, 4) is 17.2 Å². The third-order valence-corrected chi connectivity index (χ3v) is 6.58. The first kappa shape index (κ1) is 25.9. The highest BCUT2D eigenvalue weighted by atomic mass is 16.6. The Morgan fingerprint density at radius 2 is 1.56 bits per heavy atom. The zero-order valence-electron chi connectivity index (χ0n) is 21.9. The van der Waals surface area contributed by atoms with Gasteiger partial charge in [0.25, 0.3) is 5.91 Å². The summed E-state index contributed by atoms with van der Waals surface area (Å²) in [5, 5.41) is 3.03. The number of carbonyl (C=O) groups is 2. The zero-order valence-corrected chi connectivity index (χ0v) is 21.9. The van der Waals surface area contributed by atoms with Gasteiger partial charge in [0, 0.05) is 12.2 Å². The van der Waals surface area contributed by atoms with Crippen LogP contribution in [-0.2, 0) is 16.1 Å². The summed E-state index contributed by atoms with van der Waals surface area (Å²) in [6, 6.07) is 30.6. The minimum Gasteiger partial charge on any atom is -0.497 e. The number of rotatable bonds is 8. The fourth-order valence-corrected chi connectivity index (χ4v) is 4.48. The molecule has 0 aromatic heterocycles. The quantitative estimate of drug-likeness (QED) is 0.343. The average molecular weight is 523 g/mol. The van der Waals surface area contributed by atoms with Crippen molar-refractivity contribution >= 4 is 17.5 Å². The first-order valence-corrected chi connectivity index (χ1v) is 12.8. The number of hydrogen-bond donors (Lipinski definition) is 1. The number of nitrogens with one attached hydrogen (secondary N) is 1. The SMILES string of the molecule is COc1ccc(CNC(=O)[C@H](c2ccc(C)cc2)N(C(=O)[C@@H]2COc3ccccc3O2)c2ccccc2)cc1. The molecule has 0 fully saturated rings. The van der Waals surface area contributed by atoms with E-state index in [9.17, 15) is 9.59 Å². The van der Waals surface area contributed by atoms with Crippen LogP contribution in [0.25, 0.3) is 0 Å². The van der Waals surface area contributed by atoms with E-state index in [-0.39, 0.29) is 18.4 Å². The van der Waals surface area contributed by atoms with Gasteiger partial charge in [-0.2, -0.15) is 0 Å². The van der Waals surface area contributed by atoms with Gasteiger partial charge in [-0.3, -0.25) is 14.5 Å². The Morgan fingerprint density at radius 1 is 0.897 bits per heavy atom. The Labute approximate surface area is 227 Å². The first-order valence-electron chi connectivity index (χ1n) is 12.8. The Balaban J connectivity index is 1.49. The molecule has 7 heteroatoms. The maximum absolute atomic E-state index is 14.2. The third kappa shape index (κ3) is 5.88. The van der Waals surface area contributed by atoms with Gasteiger partial charge in [-0.25, -0.2) is 0 Å². The van der Waals surface area contributed by atoms with Gasteiger partial charge in [-0.05, 0) is 54.4 Å². The lowest BCUT2D eigenvalue weighted by Crippen LogP contribution is -2.51. The van der Waals surface area contributed by atoms with Gasteiger partial charge in [0.15, 0.2) is 11.5 Å². The molecule has 0 unspecified atom stereocenters. The van der Waals surface area contributed by atoms with E-state index in [1.54, 1.807) is 19.2 Å². The van der Waals surface area contributed by atoms with Crippen molar-refractivity contribution < 1.29 is 23.8 Å². The van der Waals surface area contributed by atoms with Gasteiger partial charge in [0.05, 0.1) is 7.11 Å². The van der Waals surface area contributed by atoms with Crippen LogP contribution in [0.3, 0.4) is 0 Å². The Hall–Kier alpha value is -4.78. The Bertz CT molecular complexity index is 1420. The van der Waals surface area contributed by atoms with E-state index in [4.69, 9.17) is 14.2 Å². The van der Waals surface area contributed by atoms with Crippen molar-refractivity contribution in [1.29, 1.82) is 0 Å².